The minimum absolute atomic E-state index is 0.0402. The number of rotatable bonds is 10. The van der Waals surface area contributed by atoms with Crippen molar-refractivity contribution in [2.45, 2.75) is 65.5 Å². The smallest absolute Gasteiger partial charge is 0.343 e. The number of carbonyl (C=O) groups is 5. The van der Waals surface area contributed by atoms with Crippen LogP contribution in [0.25, 0.3) is 0 Å². The van der Waals surface area contributed by atoms with Gasteiger partial charge in [-0.1, -0.05) is 44.0 Å². The molecule has 3 aliphatic rings. The number of methoxy groups -OCH3 is 2. The van der Waals surface area contributed by atoms with Crippen LogP contribution in [0.15, 0.2) is 69.1 Å². The van der Waals surface area contributed by atoms with Gasteiger partial charge in [-0.25, -0.2) is 9.59 Å². The largest absolute Gasteiger partial charge is 0.469 e. The Balaban J connectivity index is 2.34. The van der Waals surface area contributed by atoms with E-state index in [1.54, 1.807) is 43.2 Å². The van der Waals surface area contributed by atoms with Gasteiger partial charge < -0.3 is 19.1 Å². The third kappa shape index (κ3) is 5.47. The van der Waals surface area contributed by atoms with E-state index in [4.69, 9.17) is 25.8 Å². The van der Waals surface area contributed by atoms with Crippen LogP contribution >= 0.6 is 11.6 Å². The third-order valence-corrected chi connectivity index (χ3v) is 7.81. The number of ketones is 2. The molecular weight excluding hydrogens is 538 g/mol. The van der Waals surface area contributed by atoms with E-state index in [1.807, 2.05) is 19.9 Å². The first-order valence-electron chi connectivity index (χ1n) is 13.0. The van der Waals surface area contributed by atoms with Gasteiger partial charge >= 0.3 is 17.9 Å². The fourth-order valence-electron chi connectivity index (χ4n) is 4.68. The average Bonchev–Trinajstić information content (AvgIpc) is 3.23. The first kappa shape index (κ1) is 30.8. The molecule has 9 nitrogen and oxygen atoms in total. The Morgan fingerprint density at radius 2 is 1.88 bits per heavy atom. The molecule has 0 aromatic rings. The summed E-state index contributed by atoms with van der Waals surface area (Å²) in [5.41, 5.74) is -0.650. The zero-order chi connectivity index (χ0) is 29.9. The highest BCUT2D eigenvalue weighted by atomic mass is 35.5. The van der Waals surface area contributed by atoms with Crippen molar-refractivity contribution in [3.8, 4) is 0 Å². The lowest BCUT2D eigenvalue weighted by Crippen LogP contribution is -2.45. The molecule has 3 rings (SSSR count). The summed E-state index contributed by atoms with van der Waals surface area (Å²) in [6, 6.07) is -0.983. The Morgan fingerprint density at radius 3 is 2.45 bits per heavy atom. The Bertz CT molecular complexity index is 1340. The molecule has 0 bridgehead atoms. The maximum absolute atomic E-state index is 13.5. The molecule has 0 radical (unpaired) electrons. The molecule has 40 heavy (non-hydrogen) atoms. The summed E-state index contributed by atoms with van der Waals surface area (Å²) in [6.45, 7) is 8.68. The Morgan fingerprint density at radius 1 is 1.20 bits per heavy atom. The summed E-state index contributed by atoms with van der Waals surface area (Å²) in [5, 5.41) is -0.167. The van der Waals surface area contributed by atoms with Gasteiger partial charge in [0, 0.05) is 35.0 Å². The number of ether oxygens (including phenoxy) is 3. The van der Waals surface area contributed by atoms with E-state index in [0.29, 0.717) is 11.3 Å². The van der Waals surface area contributed by atoms with Crippen LogP contribution < -0.4 is 0 Å². The molecule has 0 aromatic heterocycles. The maximum atomic E-state index is 13.5. The second-order valence-corrected chi connectivity index (χ2v) is 10.3. The van der Waals surface area contributed by atoms with Gasteiger partial charge in [-0.15, -0.1) is 0 Å². The molecule has 2 heterocycles. The van der Waals surface area contributed by atoms with Gasteiger partial charge in [-0.2, -0.15) is 0 Å². The molecule has 0 fully saturated rings. The van der Waals surface area contributed by atoms with E-state index in [-0.39, 0.29) is 46.1 Å². The minimum Gasteiger partial charge on any atom is -0.469 e. The standard InChI is InChI=1S/C30H34ClNO8/c1-8-16(3)10-11-18-14-19-20(15-32(18)21(28(36)39-7)12-13-22(33)38-6)24-23(26(34)17(4)9-2)29(37)40-30(24,5)27(35)25(19)31/h9-11,14-16,21H,8,12-13H2,1-7H3/b11-10+,17-9?/t16-,21-,30-/m0/s1. The van der Waals surface area contributed by atoms with E-state index in [2.05, 4.69) is 0 Å². The normalized spacial score (nSPS) is 22.4. The number of esters is 3. The van der Waals surface area contributed by atoms with Crippen molar-refractivity contribution in [1.29, 1.82) is 0 Å². The van der Waals surface area contributed by atoms with Crippen molar-refractivity contribution in [2.75, 3.05) is 14.2 Å². The predicted octanol–water partition coefficient (Wildman–Crippen LogP) is 4.39. The summed E-state index contributed by atoms with van der Waals surface area (Å²) in [5.74, 6) is -3.10. The van der Waals surface area contributed by atoms with Gasteiger partial charge in [-0.05, 0) is 50.8 Å². The quantitative estimate of drug-likeness (QED) is 0.163. The van der Waals surface area contributed by atoms with Crippen LogP contribution in [-0.4, -0.2) is 60.2 Å². The van der Waals surface area contributed by atoms with E-state index in [9.17, 15) is 24.0 Å². The number of hydrogen-bond donors (Lipinski definition) is 0. The van der Waals surface area contributed by atoms with Gasteiger partial charge in [0.1, 0.15) is 11.6 Å². The van der Waals surface area contributed by atoms with Crippen LogP contribution in [0.5, 0.6) is 0 Å². The number of carbonyl (C=O) groups excluding carboxylic acids is 5. The van der Waals surface area contributed by atoms with Gasteiger partial charge in [0.2, 0.25) is 5.78 Å². The molecule has 0 saturated carbocycles. The fourth-order valence-corrected chi connectivity index (χ4v) is 5.01. The average molecular weight is 572 g/mol. The number of fused-ring (bicyclic) bond motifs is 3. The van der Waals surface area contributed by atoms with Crippen LogP contribution in [-0.2, 0) is 38.2 Å². The molecule has 10 heteroatoms. The van der Waals surface area contributed by atoms with Crippen LogP contribution in [0.4, 0.5) is 0 Å². The number of Topliss-reactive ketones (excluding diaryl/α,β-unsaturated/α-hetero) is 2. The highest BCUT2D eigenvalue weighted by molar-refractivity contribution is 6.46. The number of halogens is 1. The predicted molar refractivity (Wildman–Crippen MR) is 148 cm³/mol. The molecule has 0 N–H and O–H groups in total. The molecule has 0 unspecified atom stereocenters. The Labute approximate surface area is 238 Å². The van der Waals surface area contributed by atoms with Crippen molar-refractivity contribution in [3.05, 3.63) is 69.1 Å². The fraction of sp³-hybridized carbons (Fsp3) is 0.433. The Hall–Kier alpha value is -3.72. The lowest BCUT2D eigenvalue weighted by molar-refractivity contribution is -0.153. The molecule has 0 amide bonds. The Kier molecular flexibility index (Phi) is 9.40. The molecular formula is C30H34ClNO8. The number of hydrogen-bond acceptors (Lipinski definition) is 9. The maximum Gasteiger partial charge on any atom is 0.343 e. The minimum atomic E-state index is -1.83. The lowest BCUT2D eigenvalue weighted by Gasteiger charge is -2.38. The van der Waals surface area contributed by atoms with Gasteiger partial charge in [0.05, 0.1) is 19.3 Å². The summed E-state index contributed by atoms with van der Waals surface area (Å²) in [6.07, 6.45) is 9.32. The van der Waals surface area contributed by atoms with Crippen LogP contribution in [0.1, 0.15) is 53.9 Å². The van der Waals surface area contributed by atoms with E-state index < -0.39 is 41.1 Å². The molecule has 0 spiro atoms. The third-order valence-electron chi connectivity index (χ3n) is 7.43. The van der Waals surface area contributed by atoms with E-state index in [1.165, 1.54) is 21.1 Å². The van der Waals surface area contributed by atoms with E-state index >= 15 is 0 Å². The summed E-state index contributed by atoms with van der Waals surface area (Å²) in [7, 11) is 2.50. The molecule has 3 atom stereocenters. The summed E-state index contributed by atoms with van der Waals surface area (Å²) < 4.78 is 15.4. The molecule has 0 saturated heterocycles. The van der Waals surface area contributed by atoms with Gasteiger partial charge in [0.25, 0.3) is 0 Å². The number of allylic oxidation sites excluding steroid dienone is 6. The van der Waals surface area contributed by atoms with E-state index in [0.717, 1.165) is 6.42 Å². The van der Waals surface area contributed by atoms with Crippen molar-refractivity contribution in [2.24, 2.45) is 5.92 Å². The molecule has 0 aromatic carbocycles. The topological polar surface area (TPSA) is 116 Å². The van der Waals surface area contributed by atoms with Crippen LogP contribution in [0.2, 0.25) is 0 Å². The SMILES string of the molecule is CC=C(C)C(=O)C1=C2C3=CN([C@@H](CCC(=O)OC)C(=O)OC)C(/C=C/[C@@H](C)CC)=CC3=C(Cl)C(=O)[C@@]2(C)OC1=O. The highest BCUT2D eigenvalue weighted by Gasteiger charge is 2.57. The summed E-state index contributed by atoms with van der Waals surface area (Å²) in [4.78, 5) is 66.5. The monoisotopic (exact) mass is 571 g/mol. The first-order chi connectivity index (χ1) is 18.9. The van der Waals surface area contributed by atoms with Gasteiger partial charge in [-0.3, -0.25) is 14.4 Å². The zero-order valence-electron chi connectivity index (χ0n) is 23.8. The van der Waals surface area contributed by atoms with Gasteiger partial charge in [0.15, 0.2) is 11.4 Å². The molecule has 1 aliphatic carbocycles. The van der Waals surface area contributed by atoms with Crippen molar-refractivity contribution in [3.63, 3.8) is 0 Å². The van der Waals surface area contributed by atoms with Crippen LogP contribution in [0, 0.1) is 5.92 Å². The van der Waals surface area contributed by atoms with Crippen molar-refractivity contribution < 1.29 is 38.2 Å². The zero-order valence-corrected chi connectivity index (χ0v) is 24.5. The highest BCUT2D eigenvalue weighted by Crippen LogP contribution is 2.50. The molecule has 2 aliphatic heterocycles. The van der Waals surface area contributed by atoms with Crippen molar-refractivity contribution >= 4 is 41.1 Å². The first-order valence-corrected chi connectivity index (χ1v) is 13.4. The number of nitrogens with zero attached hydrogens (tertiary/aromatic N) is 1. The summed E-state index contributed by atoms with van der Waals surface area (Å²) >= 11 is 6.59. The van der Waals surface area contributed by atoms with Crippen molar-refractivity contribution in [1.82, 2.24) is 4.90 Å². The molecule has 214 valence electrons. The lowest BCUT2D eigenvalue weighted by atomic mass is 9.74. The van der Waals surface area contributed by atoms with Crippen LogP contribution in [0.3, 0.4) is 0 Å². The second-order valence-electron chi connectivity index (χ2n) is 9.95. The second kappa shape index (κ2) is 12.2.